The lowest BCUT2D eigenvalue weighted by Crippen LogP contribution is -2.25. The summed E-state index contributed by atoms with van der Waals surface area (Å²) < 4.78 is 2.67. The predicted molar refractivity (Wildman–Crippen MR) is 83.8 cm³/mol. The van der Waals surface area contributed by atoms with Crippen LogP contribution in [-0.4, -0.2) is 28.2 Å². The monoisotopic (exact) mass is 337 g/mol. The minimum Gasteiger partial charge on any atom is -0.358 e. The first-order chi connectivity index (χ1) is 9.69. The molecule has 108 valence electrons. The van der Waals surface area contributed by atoms with Crippen LogP contribution in [0.2, 0.25) is 0 Å². The number of nitrogens with zero attached hydrogens (tertiary/aromatic N) is 4. The van der Waals surface area contributed by atoms with Crippen LogP contribution < -0.4 is 10.6 Å². The molecule has 0 amide bonds. The van der Waals surface area contributed by atoms with Crippen LogP contribution in [0.15, 0.2) is 16.7 Å². The maximum atomic E-state index is 5.68. The van der Waals surface area contributed by atoms with Gasteiger partial charge in [0.1, 0.15) is 10.4 Å². The first kappa shape index (κ1) is 13.8. The van der Waals surface area contributed by atoms with E-state index in [1.807, 2.05) is 16.6 Å². The van der Waals surface area contributed by atoms with Crippen LogP contribution in [0.4, 0.5) is 5.82 Å². The van der Waals surface area contributed by atoms with Crippen molar-refractivity contribution in [3.05, 3.63) is 22.4 Å². The molecule has 0 saturated heterocycles. The van der Waals surface area contributed by atoms with Gasteiger partial charge in [-0.05, 0) is 46.8 Å². The summed E-state index contributed by atoms with van der Waals surface area (Å²) >= 11 is 3.52. The van der Waals surface area contributed by atoms with Gasteiger partial charge < -0.3 is 10.6 Å². The van der Waals surface area contributed by atoms with Crippen molar-refractivity contribution in [2.75, 3.05) is 18.5 Å². The molecule has 2 heterocycles. The van der Waals surface area contributed by atoms with Crippen molar-refractivity contribution in [3.63, 3.8) is 0 Å². The second-order valence-electron chi connectivity index (χ2n) is 5.55. The molecular formula is C14H20BrN5. The summed E-state index contributed by atoms with van der Waals surface area (Å²) in [7, 11) is 2.11. The van der Waals surface area contributed by atoms with Gasteiger partial charge in [-0.2, -0.15) is 0 Å². The van der Waals surface area contributed by atoms with Crippen LogP contribution in [-0.2, 0) is 6.54 Å². The van der Waals surface area contributed by atoms with Crippen molar-refractivity contribution >= 4 is 27.4 Å². The Hall–Kier alpha value is -1.14. The average molecular weight is 338 g/mol. The molecule has 1 fully saturated rings. The summed E-state index contributed by atoms with van der Waals surface area (Å²) in [6.45, 7) is 1.49. The topological polar surface area (TPSA) is 59.5 Å². The Morgan fingerprint density at radius 1 is 1.40 bits per heavy atom. The first-order valence-corrected chi connectivity index (χ1v) is 7.93. The van der Waals surface area contributed by atoms with E-state index >= 15 is 0 Å². The number of anilines is 1. The minimum atomic E-state index is 0.414. The molecule has 2 N–H and O–H groups in total. The Kier molecular flexibility index (Phi) is 3.94. The standard InChI is InChI=1S/C14H20BrN5/c1-19(9-10-4-2-3-5-10)13-7-6-12-17-11(8-16)14(15)20(12)18-13/h6-7,10H,2-5,8-9,16H2,1H3. The summed E-state index contributed by atoms with van der Waals surface area (Å²) in [5.41, 5.74) is 7.35. The Morgan fingerprint density at radius 2 is 2.15 bits per heavy atom. The zero-order chi connectivity index (χ0) is 14.1. The van der Waals surface area contributed by atoms with Gasteiger partial charge >= 0.3 is 0 Å². The highest BCUT2D eigenvalue weighted by molar-refractivity contribution is 9.10. The summed E-state index contributed by atoms with van der Waals surface area (Å²) in [5, 5.41) is 4.66. The maximum absolute atomic E-state index is 5.68. The van der Waals surface area contributed by atoms with Crippen LogP contribution in [0, 0.1) is 5.92 Å². The van der Waals surface area contributed by atoms with Gasteiger partial charge in [-0.15, -0.1) is 5.10 Å². The molecule has 0 spiro atoms. The van der Waals surface area contributed by atoms with Gasteiger partial charge in [-0.3, -0.25) is 0 Å². The van der Waals surface area contributed by atoms with Gasteiger partial charge in [-0.25, -0.2) is 9.50 Å². The molecule has 0 aliphatic heterocycles. The first-order valence-electron chi connectivity index (χ1n) is 7.14. The molecule has 5 nitrogen and oxygen atoms in total. The Morgan fingerprint density at radius 3 is 2.85 bits per heavy atom. The molecule has 0 atom stereocenters. The zero-order valence-electron chi connectivity index (χ0n) is 11.7. The molecule has 2 aromatic rings. The maximum Gasteiger partial charge on any atom is 0.155 e. The second-order valence-corrected chi connectivity index (χ2v) is 6.30. The fraction of sp³-hybridized carbons (Fsp3) is 0.571. The Labute approximate surface area is 127 Å². The van der Waals surface area contributed by atoms with E-state index in [2.05, 4.69) is 38.0 Å². The fourth-order valence-corrected chi connectivity index (χ4v) is 3.46. The van der Waals surface area contributed by atoms with Gasteiger partial charge in [0.15, 0.2) is 5.65 Å². The Balaban J connectivity index is 1.85. The van der Waals surface area contributed by atoms with E-state index < -0.39 is 0 Å². The van der Waals surface area contributed by atoms with E-state index in [4.69, 9.17) is 5.73 Å². The van der Waals surface area contributed by atoms with E-state index in [9.17, 15) is 0 Å². The zero-order valence-corrected chi connectivity index (χ0v) is 13.3. The van der Waals surface area contributed by atoms with Crippen LogP contribution >= 0.6 is 15.9 Å². The number of rotatable bonds is 4. The average Bonchev–Trinajstić information content (AvgIpc) is 3.07. The van der Waals surface area contributed by atoms with Gasteiger partial charge in [0.2, 0.25) is 0 Å². The lowest BCUT2D eigenvalue weighted by Gasteiger charge is -2.21. The molecule has 20 heavy (non-hydrogen) atoms. The van der Waals surface area contributed by atoms with E-state index in [1.54, 1.807) is 0 Å². The highest BCUT2D eigenvalue weighted by Crippen LogP contribution is 2.27. The molecule has 3 rings (SSSR count). The van der Waals surface area contributed by atoms with Crippen LogP contribution in [0.5, 0.6) is 0 Å². The number of hydrogen-bond donors (Lipinski definition) is 1. The van der Waals surface area contributed by atoms with Crippen molar-refractivity contribution < 1.29 is 0 Å². The third kappa shape index (κ3) is 2.54. The van der Waals surface area contributed by atoms with Crippen molar-refractivity contribution in [3.8, 4) is 0 Å². The minimum absolute atomic E-state index is 0.414. The number of imidazole rings is 1. The molecule has 0 radical (unpaired) electrons. The van der Waals surface area contributed by atoms with E-state index in [-0.39, 0.29) is 0 Å². The molecule has 0 aromatic carbocycles. The van der Waals surface area contributed by atoms with Gasteiger partial charge in [0.25, 0.3) is 0 Å². The van der Waals surface area contributed by atoms with E-state index in [0.29, 0.717) is 6.54 Å². The molecule has 0 bridgehead atoms. The van der Waals surface area contributed by atoms with E-state index in [1.165, 1.54) is 25.7 Å². The molecule has 1 aliphatic rings. The van der Waals surface area contributed by atoms with Gasteiger partial charge in [-0.1, -0.05) is 12.8 Å². The smallest absolute Gasteiger partial charge is 0.155 e. The Bertz CT molecular complexity index is 603. The fourth-order valence-electron chi connectivity index (χ4n) is 2.95. The molecule has 1 saturated carbocycles. The summed E-state index contributed by atoms with van der Waals surface area (Å²) in [5.74, 6) is 1.79. The van der Waals surface area contributed by atoms with Crippen LogP contribution in [0.25, 0.3) is 5.65 Å². The third-order valence-electron chi connectivity index (χ3n) is 4.07. The molecule has 0 unspecified atom stereocenters. The second kappa shape index (κ2) is 5.69. The number of nitrogens with two attached hydrogens (primary N) is 1. The summed E-state index contributed by atoms with van der Waals surface area (Å²) in [6, 6.07) is 4.03. The van der Waals surface area contributed by atoms with Crippen molar-refractivity contribution in [2.45, 2.75) is 32.2 Å². The number of aromatic nitrogens is 3. The van der Waals surface area contributed by atoms with Crippen LogP contribution in [0.3, 0.4) is 0 Å². The van der Waals surface area contributed by atoms with E-state index in [0.717, 1.165) is 34.2 Å². The summed E-state index contributed by atoms with van der Waals surface area (Å²) in [6.07, 6.45) is 5.44. The van der Waals surface area contributed by atoms with Crippen molar-refractivity contribution in [1.29, 1.82) is 0 Å². The van der Waals surface area contributed by atoms with Crippen LogP contribution in [0.1, 0.15) is 31.4 Å². The quantitative estimate of drug-likeness (QED) is 0.931. The molecular weight excluding hydrogens is 318 g/mol. The molecule has 2 aromatic heterocycles. The van der Waals surface area contributed by atoms with Crippen molar-refractivity contribution in [1.82, 2.24) is 14.6 Å². The third-order valence-corrected chi connectivity index (χ3v) is 4.86. The number of halogens is 1. The lowest BCUT2D eigenvalue weighted by molar-refractivity contribution is 0.543. The number of fused-ring (bicyclic) bond motifs is 1. The highest BCUT2D eigenvalue weighted by atomic mass is 79.9. The highest BCUT2D eigenvalue weighted by Gasteiger charge is 2.18. The number of hydrogen-bond acceptors (Lipinski definition) is 4. The lowest BCUT2D eigenvalue weighted by atomic mass is 10.1. The largest absolute Gasteiger partial charge is 0.358 e. The normalized spacial score (nSPS) is 16.1. The predicted octanol–water partition coefficient (Wildman–Crippen LogP) is 2.58. The van der Waals surface area contributed by atoms with Gasteiger partial charge in [0.05, 0.1) is 5.69 Å². The summed E-state index contributed by atoms with van der Waals surface area (Å²) in [4.78, 5) is 6.68. The molecule has 1 aliphatic carbocycles. The van der Waals surface area contributed by atoms with Gasteiger partial charge in [0, 0.05) is 20.1 Å². The SMILES string of the molecule is CN(CC1CCCC1)c1ccc2nc(CN)c(Br)n2n1. The molecule has 6 heteroatoms. The van der Waals surface area contributed by atoms with Crippen molar-refractivity contribution in [2.24, 2.45) is 11.7 Å².